The van der Waals surface area contributed by atoms with Crippen molar-refractivity contribution in [2.24, 2.45) is 10.7 Å². The Morgan fingerprint density at radius 2 is 1.96 bits per heavy atom. The zero-order valence-corrected chi connectivity index (χ0v) is 14.3. The molecule has 0 aliphatic carbocycles. The van der Waals surface area contributed by atoms with Gasteiger partial charge in [-0.3, -0.25) is 4.98 Å². The molecule has 3 aromatic rings. The lowest BCUT2D eigenvalue weighted by Gasteiger charge is -2.32. The molecule has 5 rings (SSSR count). The zero-order valence-electron chi connectivity index (χ0n) is 13.5. The average Bonchev–Trinajstić information content (AvgIpc) is 3.06. The summed E-state index contributed by atoms with van der Waals surface area (Å²) in [5.74, 6) is 1.29. The summed E-state index contributed by atoms with van der Waals surface area (Å²) in [5, 5.41) is 0.360. The highest BCUT2D eigenvalue weighted by Crippen LogP contribution is 2.51. The number of fused-ring (bicyclic) bond motifs is 4. The number of halogens is 1. The van der Waals surface area contributed by atoms with Crippen LogP contribution in [0.4, 0.5) is 0 Å². The smallest absolute Gasteiger partial charge is 0.283 e. The van der Waals surface area contributed by atoms with E-state index in [4.69, 9.17) is 26.8 Å². The molecule has 2 aliphatic heterocycles. The number of aromatic nitrogens is 2. The minimum atomic E-state index is -0.879. The molecule has 0 saturated carbocycles. The Kier molecular flexibility index (Phi) is 3.17. The lowest BCUT2D eigenvalue weighted by atomic mass is 9.83. The van der Waals surface area contributed by atoms with Crippen LogP contribution < -0.4 is 10.5 Å². The van der Waals surface area contributed by atoms with Crippen molar-refractivity contribution in [2.75, 3.05) is 6.61 Å². The maximum absolute atomic E-state index is 6.13. The van der Waals surface area contributed by atoms with E-state index < -0.39 is 5.54 Å². The van der Waals surface area contributed by atoms with E-state index in [0.29, 0.717) is 22.3 Å². The first-order valence-corrected chi connectivity index (χ1v) is 8.41. The summed E-state index contributed by atoms with van der Waals surface area (Å²) >= 11 is 6.13. The Balaban J connectivity index is 1.76. The van der Waals surface area contributed by atoms with Crippen LogP contribution in [0.15, 0.2) is 59.9 Å². The molecule has 0 radical (unpaired) electrons. The van der Waals surface area contributed by atoms with Gasteiger partial charge in [0.05, 0.1) is 0 Å². The van der Waals surface area contributed by atoms with Gasteiger partial charge in [0.25, 0.3) is 6.02 Å². The van der Waals surface area contributed by atoms with E-state index in [-0.39, 0.29) is 12.6 Å². The maximum Gasteiger partial charge on any atom is 0.283 e. The number of ether oxygens (including phenoxy) is 2. The van der Waals surface area contributed by atoms with Gasteiger partial charge in [-0.1, -0.05) is 23.7 Å². The first kappa shape index (κ1) is 15.2. The van der Waals surface area contributed by atoms with Crippen LogP contribution in [0.3, 0.4) is 0 Å². The zero-order chi connectivity index (χ0) is 17.7. The van der Waals surface area contributed by atoms with Gasteiger partial charge in [0.15, 0.2) is 11.3 Å². The third-order valence-electron chi connectivity index (χ3n) is 4.59. The van der Waals surface area contributed by atoms with Crippen LogP contribution in [0.1, 0.15) is 11.3 Å². The fourth-order valence-corrected chi connectivity index (χ4v) is 3.54. The van der Waals surface area contributed by atoms with Crippen LogP contribution in [0.25, 0.3) is 11.1 Å². The molecule has 1 atom stereocenters. The van der Waals surface area contributed by atoms with Crippen molar-refractivity contribution < 1.29 is 9.47 Å². The summed E-state index contributed by atoms with van der Waals surface area (Å²) < 4.78 is 11.6. The largest absolute Gasteiger partial charge is 0.462 e. The topological polar surface area (TPSA) is 82.6 Å². The minimum absolute atomic E-state index is 0.123. The van der Waals surface area contributed by atoms with E-state index >= 15 is 0 Å². The van der Waals surface area contributed by atoms with Crippen LogP contribution in [0.2, 0.25) is 5.15 Å². The maximum atomic E-state index is 6.13. The second-order valence-electron chi connectivity index (χ2n) is 6.13. The van der Waals surface area contributed by atoms with Gasteiger partial charge in [-0.2, -0.15) is 0 Å². The van der Waals surface area contributed by atoms with Crippen molar-refractivity contribution in [3.8, 4) is 22.6 Å². The highest BCUT2D eigenvalue weighted by molar-refractivity contribution is 6.29. The quantitative estimate of drug-likeness (QED) is 0.668. The molecular weight excluding hydrogens is 352 g/mol. The summed E-state index contributed by atoms with van der Waals surface area (Å²) in [6.07, 6.45) is 3.55. The summed E-state index contributed by atoms with van der Waals surface area (Å²) in [4.78, 5) is 13.3. The minimum Gasteiger partial charge on any atom is -0.462 e. The molecule has 0 saturated heterocycles. The standard InChI is InChI=1S/C19H13ClN4O2/c20-16-6-5-15-17(23-16)19(10-25-18(21)24-19)13-8-11(3-4-14(13)26-15)12-2-1-7-22-9-12/h1-9H,10H2,(H2,21,24)/t19-/m0/s1. The summed E-state index contributed by atoms with van der Waals surface area (Å²) in [6, 6.07) is 13.4. The van der Waals surface area contributed by atoms with Crippen LogP contribution in [0.5, 0.6) is 11.5 Å². The fraction of sp³-hybridized carbons (Fsp3) is 0.105. The van der Waals surface area contributed by atoms with Crippen LogP contribution >= 0.6 is 11.6 Å². The van der Waals surface area contributed by atoms with Crippen molar-refractivity contribution in [2.45, 2.75) is 5.54 Å². The molecular formula is C19H13ClN4O2. The molecule has 1 spiro atoms. The number of amidine groups is 1. The molecule has 2 N–H and O–H groups in total. The first-order chi connectivity index (χ1) is 12.7. The van der Waals surface area contributed by atoms with Gasteiger partial charge in [-0.25, -0.2) is 9.98 Å². The lowest BCUT2D eigenvalue weighted by molar-refractivity contribution is 0.260. The van der Waals surface area contributed by atoms with Gasteiger partial charge in [-0.15, -0.1) is 0 Å². The van der Waals surface area contributed by atoms with E-state index in [0.717, 1.165) is 16.7 Å². The molecule has 0 amide bonds. The fourth-order valence-electron chi connectivity index (χ4n) is 3.39. The van der Waals surface area contributed by atoms with Crippen LogP contribution in [-0.2, 0) is 10.3 Å². The predicted octanol–water partition coefficient (Wildman–Crippen LogP) is 3.49. The molecule has 7 heteroatoms. The normalized spacial score (nSPS) is 20.0. The number of pyridine rings is 2. The van der Waals surface area contributed by atoms with Crippen molar-refractivity contribution >= 4 is 17.6 Å². The third kappa shape index (κ3) is 2.16. The summed E-state index contributed by atoms with van der Waals surface area (Å²) in [5.41, 5.74) is 8.40. The number of rotatable bonds is 1. The molecule has 4 heterocycles. The van der Waals surface area contributed by atoms with Gasteiger partial charge >= 0.3 is 0 Å². The Morgan fingerprint density at radius 1 is 1.08 bits per heavy atom. The number of nitrogens with zero attached hydrogens (tertiary/aromatic N) is 3. The van der Waals surface area contributed by atoms with Gasteiger partial charge in [0, 0.05) is 23.5 Å². The predicted molar refractivity (Wildman–Crippen MR) is 97.3 cm³/mol. The Bertz CT molecular complexity index is 1050. The molecule has 128 valence electrons. The number of aliphatic imine (C=N–C) groups is 1. The van der Waals surface area contributed by atoms with Gasteiger partial charge in [0.1, 0.15) is 23.2 Å². The van der Waals surface area contributed by atoms with Crippen LogP contribution in [-0.4, -0.2) is 22.6 Å². The summed E-state index contributed by atoms with van der Waals surface area (Å²) in [7, 11) is 0. The Labute approximate surface area is 154 Å². The van der Waals surface area contributed by atoms with Crippen molar-refractivity contribution in [1.29, 1.82) is 0 Å². The molecule has 0 bridgehead atoms. The third-order valence-corrected chi connectivity index (χ3v) is 4.80. The lowest BCUT2D eigenvalue weighted by Crippen LogP contribution is -2.32. The molecule has 1 aromatic carbocycles. The summed E-state index contributed by atoms with van der Waals surface area (Å²) in [6.45, 7) is 0.242. The van der Waals surface area contributed by atoms with E-state index in [1.54, 1.807) is 18.3 Å². The number of benzene rings is 1. The molecule has 2 aromatic heterocycles. The Hall–Kier alpha value is -3.12. The van der Waals surface area contributed by atoms with E-state index in [1.165, 1.54) is 0 Å². The van der Waals surface area contributed by atoms with Gasteiger partial charge in [0.2, 0.25) is 0 Å². The number of nitrogens with two attached hydrogens (primary N) is 1. The van der Waals surface area contributed by atoms with Crippen LogP contribution in [0, 0.1) is 0 Å². The molecule has 6 nitrogen and oxygen atoms in total. The van der Waals surface area contributed by atoms with E-state index in [9.17, 15) is 0 Å². The van der Waals surface area contributed by atoms with Gasteiger partial charge in [-0.05, 0) is 35.9 Å². The van der Waals surface area contributed by atoms with Crippen molar-refractivity contribution in [1.82, 2.24) is 9.97 Å². The SMILES string of the molecule is NC1=N[C@@]2(CO1)c1cc(-c3cccnc3)ccc1Oc1ccc(Cl)nc12. The first-order valence-electron chi connectivity index (χ1n) is 8.04. The second kappa shape index (κ2) is 5.44. The number of hydrogen-bond donors (Lipinski definition) is 1. The van der Waals surface area contributed by atoms with E-state index in [1.807, 2.05) is 36.5 Å². The van der Waals surface area contributed by atoms with E-state index in [2.05, 4.69) is 15.0 Å². The monoisotopic (exact) mass is 364 g/mol. The molecule has 0 fully saturated rings. The molecule has 2 aliphatic rings. The van der Waals surface area contributed by atoms with Crippen molar-refractivity contribution in [3.05, 3.63) is 71.3 Å². The average molecular weight is 365 g/mol. The molecule has 0 unspecified atom stereocenters. The van der Waals surface area contributed by atoms with Gasteiger partial charge < -0.3 is 15.2 Å². The van der Waals surface area contributed by atoms with Crippen molar-refractivity contribution in [3.63, 3.8) is 0 Å². The molecule has 26 heavy (non-hydrogen) atoms. The highest BCUT2D eigenvalue weighted by atomic mass is 35.5. The number of hydrogen-bond acceptors (Lipinski definition) is 6. The highest BCUT2D eigenvalue weighted by Gasteiger charge is 2.48. The Morgan fingerprint density at radius 3 is 2.73 bits per heavy atom. The second-order valence-corrected chi connectivity index (χ2v) is 6.52.